The maximum Gasteiger partial charge on any atom is 0.240 e. The number of anilines is 1. The van der Waals surface area contributed by atoms with Crippen LogP contribution in [0.4, 0.5) is 5.95 Å². The molecule has 1 heterocycles. The van der Waals surface area contributed by atoms with Crippen LogP contribution in [-0.2, 0) is 0 Å². The van der Waals surface area contributed by atoms with E-state index in [-0.39, 0.29) is 0 Å². The van der Waals surface area contributed by atoms with E-state index in [1.165, 1.54) is 0 Å². The van der Waals surface area contributed by atoms with Gasteiger partial charge in [-0.05, 0) is 23.2 Å². The van der Waals surface area contributed by atoms with Gasteiger partial charge in [0.1, 0.15) is 11.6 Å². The summed E-state index contributed by atoms with van der Waals surface area (Å²) < 4.78 is 1.75. The smallest absolute Gasteiger partial charge is 0.240 e. The van der Waals surface area contributed by atoms with Crippen molar-refractivity contribution in [3.8, 4) is 0 Å². The van der Waals surface area contributed by atoms with Gasteiger partial charge in [-0.2, -0.15) is 9.97 Å². The molecule has 11 heavy (non-hydrogen) atoms. The Kier molecular flexibility index (Phi) is 2.95. The summed E-state index contributed by atoms with van der Waals surface area (Å²) in [6.07, 6.45) is 0. The molecule has 1 aromatic rings. The third kappa shape index (κ3) is 2.48. The molecule has 60 valence electrons. The molecule has 0 aromatic carbocycles. The van der Waals surface area contributed by atoms with Crippen molar-refractivity contribution in [3.05, 3.63) is 11.6 Å². The summed E-state index contributed by atoms with van der Waals surface area (Å²) in [6, 6.07) is 0. The molecule has 6 heteroatoms. The standard InChI is InChI=1S/C5H8IN4P/c1-3-7-4(2)9-5(8-3)10(6)11/h11H2,1-2H3. The van der Waals surface area contributed by atoms with Crippen LogP contribution in [0.25, 0.3) is 0 Å². The number of aromatic nitrogens is 3. The fourth-order valence-electron chi connectivity index (χ4n) is 0.694. The number of halogens is 1. The number of nitrogens with zero attached hydrogens (tertiary/aromatic N) is 4. The SMILES string of the molecule is Cc1nc(C)nc(N(P)I)n1. The summed E-state index contributed by atoms with van der Waals surface area (Å²) >= 11 is 2.09. The van der Waals surface area contributed by atoms with E-state index in [9.17, 15) is 0 Å². The minimum atomic E-state index is 0.667. The highest BCUT2D eigenvalue weighted by Gasteiger charge is 2.02. The first kappa shape index (κ1) is 9.06. The fourth-order valence-corrected chi connectivity index (χ4v) is 1.03. The van der Waals surface area contributed by atoms with Crippen LogP contribution >= 0.6 is 32.3 Å². The predicted molar refractivity (Wildman–Crippen MR) is 55.5 cm³/mol. The Labute approximate surface area is 81.6 Å². The van der Waals surface area contributed by atoms with Gasteiger partial charge in [0.2, 0.25) is 5.95 Å². The van der Waals surface area contributed by atoms with Gasteiger partial charge in [0.05, 0.1) is 22.9 Å². The van der Waals surface area contributed by atoms with Gasteiger partial charge in [0.25, 0.3) is 0 Å². The van der Waals surface area contributed by atoms with Crippen LogP contribution in [0, 0.1) is 13.8 Å². The summed E-state index contributed by atoms with van der Waals surface area (Å²) in [6.45, 7) is 3.70. The van der Waals surface area contributed by atoms with Crippen LogP contribution in [-0.4, -0.2) is 15.0 Å². The molecule has 0 bridgehead atoms. The molecule has 0 aliphatic heterocycles. The van der Waals surface area contributed by atoms with Crippen LogP contribution in [0.15, 0.2) is 0 Å². The minimum Gasteiger partial charge on any atom is -0.268 e. The van der Waals surface area contributed by atoms with Gasteiger partial charge >= 0.3 is 0 Å². The average Bonchev–Trinajstić information content (AvgIpc) is 1.85. The lowest BCUT2D eigenvalue weighted by molar-refractivity contribution is 0.928. The molecule has 0 fully saturated rings. The van der Waals surface area contributed by atoms with Crippen LogP contribution in [0.3, 0.4) is 0 Å². The van der Waals surface area contributed by atoms with E-state index in [2.05, 4.69) is 47.2 Å². The zero-order valence-corrected chi connectivity index (χ0v) is 9.56. The van der Waals surface area contributed by atoms with E-state index in [0.717, 1.165) is 11.6 Å². The monoisotopic (exact) mass is 282 g/mol. The second-order valence-corrected chi connectivity index (χ2v) is 4.65. The van der Waals surface area contributed by atoms with Crippen molar-refractivity contribution >= 4 is 38.2 Å². The lowest BCUT2D eigenvalue weighted by Crippen LogP contribution is -2.03. The molecule has 0 N–H and O–H groups in total. The largest absolute Gasteiger partial charge is 0.268 e. The summed E-state index contributed by atoms with van der Waals surface area (Å²) in [5, 5.41) is 0. The fraction of sp³-hybridized carbons (Fsp3) is 0.400. The lowest BCUT2D eigenvalue weighted by Gasteiger charge is -2.06. The van der Waals surface area contributed by atoms with Crippen molar-refractivity contribution in [1.82, 2.24) is 15.0 Å². The average molecular weight is 282 g/mol. The molecule has 4 nitrogen and oxygen atoms in total. The predicted octanol–water partition coefficient (Wildman–Crippen LogP) is 1.43. The highest BCUT2D eigenvalue weighted by Crippen LogP contribution is 2.16. The Morgan fingerprint density at radius 3 is 2.00 bits per heavy atom. The highest BCUT2D eigenvalue weighted by molar-refractivity contribution is 14.1. The van der Waals surface area contributed by atoms with E-state index in [1.807, 2.05) is 13.8 Å². The molecule has 0 saturated carbocycles. The number of aryl methyl sites for hydroxylation is 2. The van der Waals surface area contributed by atoms with E-state index >= 15 is 0 Å². The molecule has 0 aliphatic rings. The first-order chi connectivity index (χ1) is 5.09. The number of hydrogen-bond donors (Lipinski definition) is 0. The molecule has 0 saturated heterocycles. The third-order valence-electron chi connectivity index (χ3n) is 1.04. The van der Waals surface area contributed by atoms with Gasteiger partial charge < -0.3 is 0 Å². The molecule has 1 aromatic heterocycles. The van der Waals surface area contributed by atoms with Crippen molar-refractivity contribution in [2.75, 3.05) is 2.88 Å². The Morgan fingerprint density at radius 2 is 1.64 bits per heavy atom. The number of rotatable bonds is 1. The van der Waals surface area contributed by atoms with E-state index in [4.69, 9.17) is 0 Å². The molecule has 0 spiro atoms. The van der Waals surface area contributed by atoms with E-state index in [1.54, 1.807) is 2.88 Å². The molecule has 0 radical (unpaired) electrons. The first-order valence-corrected chi connectivity index (χ1v) is 4.47. The van der Waals surface area contributed by atoms with Crippen molar-refractivity contribution in [1.29, 1.82) is 0 Å². The molecule has 0 aliphatic carbocycles. The van der Waals surface area contributed by atoms with Gasteiger partial charge in [0, 0.05) is 0 Å². The van der Waals surface area contributed by atoms with Crippen LogP contribution in [0.5, 0.6) is 0 Å². The topological polar surface area (TPSA) is 41.9 Å². The van der Waals surface area contributed by atoms with Gasteiger partial charge in [-0.1, -0.05) is 0 Å². The van der Waals surface area contributed by atoms with Crippen LogP contribution in [0.2, 0.25) is 0 Å². The Hall–Kier alpha value is -0.0300. The Morgan fingerprint density at radius 1 is 1.18 bits per heavy atom. The molecule has 0 amide bonds. The van der Waals surface area contributed by atoms with Crippen molar-refractivity contribution in [3.63, 3.8) is 0 Å². The quantitative estimate of drug-likeness (QED) is 0.444. The Bertz CT molecular complexity index is 244. The number of hydrogen-bond acceptors (Lipinski definition) is 4. The van der Waals surface area contributed by atoms with E-state index in [0.29, 0.717) is 5.95 Å². The lowest BCUT2D eigenvalue weighted by atomic mass is 10.6. The summed E-state index contributed by atoms with van der Waals surface area (Å²) in [5.74, 6) is 2.16. The Balaban J connectivity index is 3.08. The molecule has 1 unspecified atom stereocenters. The van der Waals surface area contributed by atoms with Crippen molar-refractivity contribution < 1.29 is 0 Å². The minimum absolute atomic E-state index is 0.667. The maximum absolute atomic E-state index is 4.11. The summed E-state index contributed by atoms with van der Waals surface area (Å²) in [4.78, 5) is 12.3. The first-order valence-electron chi connectivity index (χ1n) is 2.99. The maximum atomic E-state index is 4.11. The normalized spacial score (nSPS) is 9.82. The summed E-state index contributed by atoms with van der Waals surface area (Å²) in [5.41, 5.74) is 0. The van der Waals surface area contributed by atoms with Gasteiger partial charge in [-0.15, -0.1) is 0 Å². The summed E-state index contributed by atoms with van der Waals surface area (Å²) in [7, 11) is 2.48. The third-order valence-corrected chi connectivity index (χ3v) is 1.70. The van der Waals surface area contributed by atoms with Crippen LogP contribution in [0.1, 0.15) is 11.6 Å². The second-order valence-electron chi connectivity index (χ2n) is 2.04. The molecule has 1 rings (SSSR count). The van der Waals surface area contributed by atoms with Crippen molar-refractivity contribution in [2.24, 2.45) is 0 Å². The van der Waals surface area contributed by atoms with Gasteiger partial charge in [-0.25, -0.2) is 4.98 Å². The van der Waals surface area contributed by atoms with Gasteiger partial charge in [0.15, 0.2) is 0 Å². The zero-order chi connectivity index (χ0) is 8.43. The van der Waals surface area contributed by atoms with Crippen molar-refractivity contribution in [2.45, 2.75) is 13.8 Å². The molecule has 1 atom stereocenters. The van der Waals surface area contributed by atoms with Crippen LogP contribution < -0.4 is 2.88 Å². The highest BCUT2D eigenvalue weighted by atomic mass is 127. The molecular formula is C5H8IN4P. The molecular weight excluding hydrogens is 274 g/mol. The second kappa shape index (κ2) is 3.58. The van der Waals surface area contributed by atoms with Gasteiger partial charge in [-0.3, -0.25) is 2.88 Å². The zero-order valence-electron chi connectivity index (χ0n) is 6.24. The van der Waals surface area contributed by atoms with E-state index < -0.39 is 0 Å².